The topological polar surface area (TPSA) is 46.9 Å². The van der Waals surface area contributed by atoms with Gasteiger partial charge in [0.2, 0.25) is 5.91 Å². The summed E-state index contributed by atoms with van der Waals surface area (Å²) in [6.45, 7) is 0.250. The number of rotatable bonds is 3. The molecule has 0 unspecified atom stereocenters. The number of benzene rings is 1. The molecule has 0 bridgehead atoms. The van der Waals surface area contributed by atoms with Gasteiger partial charge < -0.3 is 9.88 Å². The highest BCUT2D eigenvalue weighted by Gasteiger charge is 2.16. The van der Waals surface area contributed by atoms with Crippen molar-refractivity contribution in [1.82, 2.24) is 9.55 Å². The smallest absolute Gasteiger partial charge is 0.244 e. The average Bonchev–Trinajstić information content (AvgIpc) is 2.85. The first kappa shape index (κ1) is 12.8. The molecule has 5 heteroatoms. The highest BCUT2D eigenvalue weighted by Crippen LogP contribution is 2.19. The largest absolute Gasteiger partial charge is 0.325 e. The van der Waals surface area contributed by atoms with Gasteiger partial charge in [-0.15, -0.1) is 0 Å². The van der Waals surface area contributed by atoms with Gasteiger partial charge in [-0.3, -0.25) is 4.79 Å². The monoisotopic (exact) mass is 273 g/mol. The Kier molecular flexibility index (Phi) is 3.50. The van der Waals surface area contributed by atoms with E-state index in [0.29, 0.717) is 5.69 Å². The molecule has 20 heavy (non-hydrogen) atoms. The van der Waals surface area contributed by atoms with Gasteiger partial charge in [-0.05, 0) is 49.9 Å². The van der Waals surface area contributed by atoms with Crippen molar-refractivity contribution >= 4 is 11.6 Å². The van der Waals surface area contributed by atoms with Crippen LogP contribution in [0, 0.1) is 5.82 Å². The van der Waals surface area contributed by atoms with Gasteiger partial charge in [-0.1, -0.05) is 0 Å². The lowest BCUT2D eigenvalue weighted by atomic mass is 10.0. The minimum atomic E-state index is -0.313. The third-order valence-electron chi connectivity index (χ3n) is 3.55. The summed E-state index contributed by atoms with van der Waals surface area (Å²) in [4.78, 5) is 16.4. The normalized spacial score (nSPS) is 13.8. The molecule has 1 aliphatic carbocycles. The predicted octanol–water partition coefficient (Wildman–Crippen LogP) is 2.54. The molecule has 1 N–H and O–H groups in total. The molecule has 4 nitrogen and oxygen atoms in total. The van der Waals surface area contributed by atoms with E-state index in [1.807, 2.05) is 4.57 Å². The van der Waals surface area contributed by atoms with Crippen LogP contribution in [0.4, 0.5) is 10.1 Å². The van der Waals surface area contributed by atoms with Crippen molar-refractivity contribution in [1.29, 1.82) is 0 Å². The molecule has 0 atom stereocenters. The van der Waals surface area contributed by atoms with Crippen LogP contribution in [0.2, 0.25) is 0 Å². The van der Waals surface area contributed by atoms with E-state index in [4.69, 9.17) is 0 Å². The number of hydrogen-bond donors (Lipinski definition) is 1. The van der Waals surface area contributed by atoms with Crippen LogP contribution in [0.1, 0.15) is 24.2 Å². The minimum Gasteiger partial charge on any atom is -0.325 e. The molecule has 1 aromatic carbocycles. The van der Waals surface area contributed by atoms with E-state index in [2.05, 4.69) is 10.3 Å². The van der Waals surface area contributed by atoms with Crippen molar-refractivity contribution in [2.75, 3.05) is 5.32 Å². The molecule has 104 valence electrons. The lowest BCUT2D eigenvalue weighted by molar-refractivity contribution is -0.116. The Balaban J connectivity index is 1.67. The summed E-state index contributed by atoms with van der Waals surface area (Å²) in [5.41, 5.74) is 2.89. The Bertz CT molecular complexity index is 619. The third kappa shape index (κ3) is 2.71. The lowest BCUT2D eigenvalue weighted by Gasteiger charge is -2.13. The molecule has 1 amide bonds. The molecule has 1 heterocycles. The number of imidazole rings is 1. The van der Waals surface area contributed by atoms with Crippen LogP contribution in [0.3, 0.4) is 0 Å². The number of aryl methyl sites for hydroxylation is 1. The first-order valence-corrected chi connectivity index (χ1v) is 6.80. The van der Waals surface area contributed by atoms with Gasteiger partial charge in [0, 0.05) is 11.4 Å². The molecule has 1 aliphatic rings. The first-order chi connectivity index (χ1) is 9.72. The summed E-state index contributed by atoms with van der Waals surface area (Å²) >= 11 is 0. The van der Waals surface area contributed by atoms with Crippen molar-refractivity contribution in [3.63, 3.8) is 0 Å². The highest BCUT2D eigenvalue weighted by atomic mass is 19.1. The maximum Gasteiger partial charge on any atom is 0.244 e. The quantitative estimate of drug-likeness (QED) is 0.934. The highest BCUT2D eigenvalue weighted by molar-refractivity contribution is 5.90. The van der Waals surface area contributed by atoms with Crippen molar-refractivity contribution in [3.05, 3.63) is 47.8 Å². The number of anilines is 1. The van der Waals surface area contributed by atoms with Crippen LogP contribution in [0.5, 0.6) is 0 Å². The number of hydrogen-bond acceptors (Lipinski definition) is 2. The zero-order valence-electron chi connectivity index (χ0n) is 11.1. The second-order valence-electron chi connectivity index (χ2n) is 5.03. The SMILES string of the molecule is O=C(Cn1cnc2c1CCCC2)Nc1ccc(F)cc1. The molecule has 0 aliphatic heterocycles. The molecule has 0 radical (unpaired) electrons. The van der Waals surface area contributed by atoms with Crippen LogP contribution in [-0.4, -0.2) is 15.5 Å². The summed E-state index contributed by atoms with van der Waals surface area (Å²) < 4.78 is 14.7. The summed E-state index contributed by atoms with van der Waals surface area (Å²) in [6, 6.07) is 5.76. The third-order valence-corrected chi connectivity index (χ3v) is 3.55. The standard InChI is InChI=1S/C15H16FN3O/c16-11-5-7-12(8-6-11)18-15(20)9-19-10-17-13-3-1-2-4-14(13)19/h5-8,10H,1-4,9H2,(H,18,20). The van der Waals surface area contributed by atoms with Gasteiger partial charge >= 0.3 is 0 Å². The molecular weight excluding hydrogens is 257 g/mol. The Morgan fingerprint density at radius 3 is 2.80 bits per heavy atom. The van der Waals surface area contributed by atoms with Crippen molar-refractivity contribution < 1.29 is 9.18 Å². The van der Waals surface area contributed by atoms with E-state index in [-0.39, 0.29) is 18.3 Å². The number of halogens is 1. The molecule has 0 saturated heterocycles. The number of nitrogens with zero attached hydrogens (tertiary/aromatic N) is 2. The van der Waals surface area contributed by atoms with E-state index in [9.17, 15) is 9.18 Å². The van der Waals surface area contributed by atoms with E-state index in [1.54, 1.807) is 18.5 Å². The Hall–Kier alpha value is -2.17. The van der Waals surface area contributed by atoms with Crippen molar-refractivity contribution in [3.8, 4) is 0 Å². The molecule has 3 rings (SSSR count). The van der Waals surface area contributed by atoms with Crippen LogP contribution in [0.25, 0.3) is 0 Å². The fraction of sp³-hybridized carbons (Fsp3) is 0.333. The molecule has 1 aromatic heterocycles. The fourth-order valence-corrected chi connectivity index (χ4v) is 2.56. The van der Waals surface area contributed by atoms with Gasteiger partial charge in [0.15, 0.2) is 0 Å². The second kappa shape index (κ2) is 5.45. The molecule has 2 aromatic rings. The summed E-state index contributed by atoms with van der Waals surface area (Å²) in [6.07, 6.45) is 6.05. The number of nitrogens with one attached hydrogen (secondary N) is 1. The number of carbonyl (C=O) groups excluding carboxylic acids is 1. The molecular formula is C15H16FN3O. The Morgan fingerprint density at radius 2 is 2.00 bits per heavy atom. The van der Waals surface area contributed by atoms with Gasteiger partial charge in [0.05, 0.1) is 12.0 Å². The number of amides is 1. The van der Waals surface area contributed by atoms with E-state index >= 15 is 0 Å². The second-order valence-corrected chi connectivity index (χ2v) is 5.03. The maximum absolute atomic E-state index is 12.8. The van der Waals surface area contributed by atoms with Gasteiger partial charge in [-0.25, -0.2) is 9.37 Å². The molecule has 0 saturated carbocycles. The first-order valence-electron chi connectivity index (χ1n) is 6.80. The summed E-state index contributed by atoms with van der Waals surface area (Å²) in [5, 5.41) is 2.76. The van der Waals surface area contributed by atoms with Crippen molar-refractivity contribution in [2.24, 2.45) is 0 Å². The minimum absolute atomic E-state index is 0.123. The number of fused-ring (bicyclic) bond motifs is 1. The van der Waals surface area contributed by atoms with Crippen LogP contribution in [-0.2, 0) is 24.2 Å². The maximum atomic E-state index is 12.8. The zero-order chi connectivity index (χ0) is 13.9. The lowest BCUT2D eigenvalue weighted by Crippen LogP contribution is -2.20. The van der Waals surface area contributed by atoms with Gasteiger partial charge in [0.1, 0.15) is 12.4 Å². The van der Waals surface area contributed by atoms with Crippen LogP contribution < -0.4 is 5.32 Å². The van der Waals surface area contributed by atoms with E-state index in [1.165, 1.54) is 24.2 Å². The summed E-state index contributed by atoms with van der Waals surface area (Å²) in [7, 11) is 0. The van der Waals surface area contributed by atoms with Gasteiger partial charge in [0.25, 0.3) is 0 Å². The Morgan fingerprint density at radius 1 is 1.25 bits per heavy atom. The number of carbonyl (C=O) groups is 1. The molecule has 0 fully saturated rings. The van der Waals surface area contributed by atoms with Crippen molar-refractivity contribution in [2.45, 2.75) is 32.2 Å². The predicted molar refractivity (Wildman–Crippen MR) is 73.9 cm³/mol. The van der Waals surface area contributed by atoms with Gasteiger partial charge in [-0.2, -0.15) is 0 Å². The Labute approximate surface area is 116 Å². The van der Waals surface area contributed by atoms with E-state index < -0.39 is 0 Å². The van der Waals surface area contributed by atoms with Crippen LogP contribution in [0.15, 0.2) is 30.6 Å². The fourth-order valence-electron chi connectivity index (χ4n) is 2.56. The zero-order valence-corrected chi connectivity index (χ0v) is 11.1. The summed E-state index contributed by atoms with van der Waals surface area (Å²) in [5.74, 6) is -0.436. The van der Waals surface area contributed by atoms with Crippen LogP contribution >= 0.6 is 0 Å². The van der Waals surface area contributed by atoms with E-state index in [0.717, 1.165) is 25.0 Å². The number of aromatic nitrogens is 2. The average molecular weight is 273 g/mol. The molecule has 0 spiro atoms.